The Hall–Kier alpha value is -5.14. The number of fused-ring (bicyclic) bond motifs is 1. The largest absolute Gasteiger partial charge is 0.416 e. The van der Waals surface area contributed by atoms with E-state index in [-0.39, 0.29) is 42.9 Å². The highest BCUT2D eigenvalue weighted by molar-refractivity contribution is 5.94. The normalized spacial score (nSPS) is 17.5. The minimum atomic E-state index is -4.50. The summed E-state index contributed by atoms with van der Waals surface area (Å²) >= 11 is 0. The Labute approximate surface area is 275 Å². The number of nitrogens with zero attached hydrogens (tertiary/aromatic N) is 1. The van der Waals surface area contributed by atoms with E-state index in [1.54, 1.807) is 0 Å². The molecular weight excluding hydrogens is 627 g/mol. The van der Waals surface area contributed by atoms with Gasteiger partial charge in [0.05, 0.1) is 5.56 Å². The number of hydrogen-bond acceptors (Lipinski definition) is 5. The first-order valence-corrected chi connectivity index (χ1v) is 15.7. The van der Waals surface area contributed by atoms with E-state index in [1.807, 2.05) is 42.5 Å². The standard InChI is InChI=1S/C34H40F3N7O4/c35-34(36,37)25-13-9-22(10-14-25)30(46)42-26-15-11-23(12-16-26)31(47)43-27(6-3-17-41-33(39)40)32(48)44-28(29(38)45)19-20-7-8-21-4-1-2-5-24(21)18-20/h1-2,4-5,7-10,13-14,18,23,26-28H,3,6,11-12,15-17,19H2,(H2,38,45)(H,42,46)(H,43,47)(H,44,48)(H4,39,40,41)/t23?,26?,27-,28-/m0/s1. The van der Waals surface area contributed by atoms with E-state index in [0.29, 0.717) is 32.1 Å². The fraction of sp³-hybridized carbons (Fsp3) is 0.382. The van der Waals surface area contributed by atoms with Gasteiger partial charge < -0.3 is 33.2 Å². The molecule has 48 heavy (non-hydrogen) atoms. The molecule has 14 heteroatoms. The van der Waals surface area contributed by atoms with Gasteiger partial charge in [-0.2, -0.15) is 13.2 Å². The molecular formula is C34H40F3N7O4. The van der Waals surface area contributed by atoms with Crippen LogP contribution in [0.1, 0.15) is 60.0 Å². The molecule has 1 aliphatic carbocycles. The number of carbonyl (C=O) groups excluding carboxylic acids is 4. The molecule has 4 amide bonds. The molecule has 1 aliphatic rings. The summed E-state index contributed by atoms with van der Waals surface area (Å²) in [7, 11) is 0. The van der Waals surface area contributed by atoms with Gasteiger partial charge in [0.2, 0.25) is 17.7 Å². The third kappa shape index (κ3) is 10.2. The maximum atomic E-state index is 13.5. The lowest BCUT2D eigenvalue weighted by molar-refractivity contribution is -0.137. The van der Waals surface area contributed by atoms with Crippen LogP contribution >= 0.6 is 0 Å². The predicted octanol–water partition coefficient (Wildman–Crippen LogP) is 2.90. The highest BCUT2D eigenvalue weighted by atomic mass is 19.4. The Morgan fingerprint density at radius 2 is 1.50 bits per heavy atom. The van der Waals surface area contributed by atoms with Crippen LogP contribution in [0.4, 0.5) is 13.2 Å². The first-order valence-electron chi connectivity index (χ1n) is 15.7. The Bertz CT molecular complexity index is 1630. The summed E-state index contributed by atoms with van der Waals surface area (Å²) in [6.45, 7) is 0.224. The zero-order chi connectivity index (χ0) is 34.8. The molecule has 256 valence electrons. The van der Waals surface area contributed by atoms with Crippen molar-refractivity contribution in [3.05, 3.63) is 83.4 Å². The van der Waals surface area contributed by atoms with Crippen molar-refractivity contribution in [2.24, 2.45) is 28.1 Å². The van der Waals surface area contributed by atoms with Gasteiger partial charge in [0.15, 0.2) is 5.96 Å². The van der Waals surface area contributed by atoms with Crippen molar-refractivity contribution in [3.63, 3.8) is 0 Å². The van der Waals surface area contributed by atoms with Crippen molar-refractivity contribution in [3.8, 4) is 0 Å². The minimum absolute atomic E-state index is 0.104. The molecule has 3 aromatic carbocycles. The first-order chi connectivity index (χ1) is 22.8. The molecule has 11 nitrogen and oxygen atoms in total. The molecule has 0 spiro atoms. The van der Waals surface area contributed by atoms with Gasteiger partial charge in [0.1, 0.15) is 12.1 Å². The monoisotopic (exact) mass is 667 g/mol. The third-order valence-electron chi connectivity index (χ3n) is 8.40. The number of benzene rings is 3. The first kappa shape index (κ1) is 35.7. The molecule has 4 rings (SSSR count). The Morgan fingerprint density at radius 3 is 2.12 bits per heavy atom. The average Bonchev–Trinajstić information content (AvgIpc) is 3.05. The molecule has 0 radical (unpaired) electrons. The summed E-state index contributed by atoms with van der Waals surface area (Å²) < 4.78 is 38.5. The second-order valence-corrected chi connectivity index (χ2v) is 12.0. The summed E-state index contributed by atoms with van der Waals surface area (Å²) in [5, 5.41) is 10.3. The zero-order valence-corrected chi connectivity index (χ0v) is 26.3. The molecule has 0 saturated heterocycles. The van der Waals surface area contributed by atoms with E-state index in [9.17, 15) is 32.3 Å². The molecule has 0 aromatic heterocycles. The maximum Gasteiger partial charge on any atom is 0.416 e. The highest BCUT2D eigenvalue weighted by Crippen LogP contribution is 2.29. The van der Waals surface area contributed by atoms with Gasteiger partial charge in [-0.05, 0) is 79.1 Å². The van der Waals surface area contributed by atoms with Crippen LogP contribution in [0.2, 0.25) is 0 Å². The van der Waals surface area contributed by atoms with Crippen LogP contribution in [-0.4, -0.2) is 54.3 Å². The van der Waals surface area contributed by atoms with E-state index in [1.165, 1.54) is 0 Å². The number of rotatable bonds is 13. The minimum Gasteiger partial charge on any atom is -0.370 e. The number of amides is 4. The van der Waals surface area contributed by atoms with E-state index in [2.05, 4.69) is 20.9 Å². The lowest BCUT2D eigenvalue weighted by atomic mass is 9.85. The zero-order valence-electron chi connectivity index (χ0n) is 26.3. The molecule has 3 aromatic rings. The number of nitrogens with two attached hydrogens (primary N) is 3. The van der Waals surface area contributed by atoms with Gasteiger partial charge in [-0.25, -0.2) is 0 Å². The Balaban J connectivity index is 1.35. The van der Waals surface area contributed by atoms with E-state index < -0.39 is 47.5 Å². The number of primary amides is 1. The fourth-order valence-electron chi connectivity index (χ4n) is 5.74. The molecule has 0 aliphatic heterocycles. The topological polar surface area (TPSA) is 195 Å². The number of alkyl halides is 3. The van der Waals surface area contributed by atoms with Crippen molar-refractivity contribution in [2.45, 2.75) is 69.2 Å². The maximum absolute atomic E-state index is 13.5. The molecule has 1 fully saturated rings. The molecule has 9 N–H and O–H groups in total. The average molecular weight is 668 g/mol. The van der Waals surface area contributed by atoms with E-state index in [0.717, 1.165) is 40.6 Å². The van der Waals surface area contributed by atoms with E-state index in [4.69, 9.17) is 17.2 Å². The lowest BCUT2D eigenvalue weighted by Gasteiger charge is -2.30. The number of aliphatic imine (C=N–C) groups is 1. The van der Waals surface area contributed by atoms with Crippen LogP contribution in [0, 0.1) is 5.92 Å². The van der Waals surface area contributed by atoms with Crippen LogP contribution < -0.4 is 33.2 Å². The summed E-state index contributed by atoms with van der Waals surface area (Å²) in [6, 6.07) is 15.1. The second kappa shape index (κ2) is 16.1. The summed E-state index contributed by atoms with van der Waals surface area (Å²) in [5.41, 5.74) is 16.5. The SMILES string of the molecule is NC(=O)[C@H](Cc1ccc2ccccc2c1)NC(=O)[C@H](CCCN=C(N)N)NC(=O)C1CCC(NC(=O)c2ccc(C(F)(F)F)cc2)CC1. The van der Waals surface area contributed by atoms with Gasteiger partial charge in [0.25, 0.3) is 5.91 Å². The summed E-state index contributed by atoms with van der Waals surface area (Å²) in [5.74, 6) is -2.70. The van der Waals surface area contributed by atoms with Gasteiger partial charge in [-0.1, -0.05) is 42.5 Å². The van der Waals surface area contributed by atoms with Gasteiger partial charge in [0, 0.05) is 30.5 Å². The van der Waals surface area contributed by atoms with Crippen molar-refractivity contribution in [2.75, 3.05) is 6.54 Å². The van der Waals surface area contributed by atoms with Crippen LogP contribution in [0.25, 0.3) is 10.8 Å². The highest BCUT2D eigenvalue weighted by Gasteiger charge is 2.32. The van der Waals surface area contributed by atoms with Crippen molar-refractivity contribution in [1.82, 2.24) is 16.0 Å². The molecule has 0 unspecified atom stereocenters. The second-order valence-electron chi connectivity index (χ2n) is 12.0. The number of halogens is 3. The van der Waals surface area contributed by atoms with Crippen molar-refractivity contribution >= 4 is 40.4 Å². The van der Waals surface area contributed by atoms with E-state index >= 15 is 0 Å². The van der Waals surface area contributed by atoms with Crippen LogP contribution in [-0.2, 0) is 27.0 Å². The van der Waals surface area contributed by atoms with Crippen molar-refractivity contribution in [1.29, 1.82) is 0 Å². The Kier molecular flexibility index (Phi) is 12.0. The number of nitrogens with one attached hydrogen (secondary N) is 3. The van der Waals surface area contributed by atoms with Crippen LogP contribution in [0.15, 0.2) is 71.7 Å². The molecule has 2 atom stereocenters. The molecule has 0 bridgehead atoms. The quantitative estimate of drug-likeness (QED) is 0.0921. The van der Waals surface area contributed by atoms with Crippen molar-refractivity contribution < 1.29 is 32.3 Å². The fourth-order valence-corrected chi connectivity index (χ4v) is 5.74. The van der Waals surface area contributed by atoms with Crippen LogP contribution in [0.3, 0.4) is 0 Å². The summed E-state index contributed by atoms with van der Waals surface area (Å²) in [6.07, 6.45) is -2.04. The predicted molar refractivity (Wildman–Crippen MR) is 175 cm³/mol. The Morgan fingerprint density at radius 1 is 0.833 bits per heavy atom. The lowest BCUT2D eigenvalue weighted by Crippen LogP contribution is -2.54. The number of hydrogen-bond donors (Lipinski definition) is 6. The van der Waals surface area contributed by atoms with Crippen LogP contribution in [0.5, 0.6) is 0 Å². The molecule has 0 heterocycles. The number of guanidine groups is 1. The third-order valence-corrected chi connectivity index (χ3v) is 8.40. The van der Waals surface area contributed by atoms with Gasteiger partial charge in [-0.15, -0.1) is 0 Å². The number of carbonyl (C=O) groups is 4. The smallest absolute Gasteiger partial charge is 0.370 e. The van der Waals surface area contributed by atoms with Gasteiger partial charge in [-0.3, -0.25) is 24.2 Å². The summed E-state index contributed by atoms with van der Waals surface area (Å²) in [4.78, 5) is 55.7. The van der Waals surface area contributed by atoms with Gasteiger partial charge >= 0.3 is 6.18 Å². The molecule has 1 saturated carbocycles.